The van der Waals surface area contributed by atoms with Crippen LogP contribution in [0, 0.1) is 19.8 Å². The van der Waals surface area contributed by atoms with Crippen LogP contribution in [0.25, 0.3) is 11.1 Å². The number of rotatable bonds is 8. The van der Waals surface area contributed by atoms with Crippen molar-refractivity contribution in [2.75, 3.05) is 37.3 Å². The molecule has 3 unspecified atom stereocenters. The van der Waals surface area contributed by atoms with Crippen molar-refractivity contribution in [2.24, 2.45) is 5.92 Å². The Bertz CT molecular complexity index is 1790. The monoisotopic (exact) mass is 715 g/mol. The number of thioether (sulfide) groups is 1. The summed E-state index contributed by atoms with van der Waals surface area (Å²) in [5, 5.41) is 3.03. The highest BCUT2D eigenvalue weighted by Gasteiger charge is 2.48. The first-order chi connectivity index (χ1) is 24.5. The second-order valence-corrected chi connectivity index (χ2v) is 16.0. The third kappa shape index (κ3) is 7.39. The largest absolute Gasteiger partial charge is 0.448 e. The number of nitrogens with zero attached hydrogens (tertiary/aromatic N) is 3. The topological polar surface area (TPSA) is 109 Å². The maximum Gasteiger partial charge on any atom is 0.254 e. The van der Waals surface area contributed by atoms with Crippen LogP contribution in [-0.4, -0.2) is 77.2 Å². The molecule has 10 nitrogen and oxygen atoms in total. The van der Waals surface area contributed by atoms with Gasteiger partial charge in [0, 0.05) is 83.1 Å². The van der Waals surface area contributed by atoms with Gasteiger partial charge in [-0.3, -0.25) is 9.59 Å². The highest BCUT2D eigenvalue weighted by molar-refractivity contribution is 7.98. The standard InChI is InChI=1S/C40H53N5O5S/c1-24-18-34(51-6)33(39(47)43-24)21-42-38(46)31-19-32(28-12-13-35(41-20-28)45-22-25(2)48-26(3)23-45)37-36(27(31)4)49-40(5,50-37)29-14-16-44(17-15-29)30-10-8-7-9-11-30/h12-13,18-20,25-26,29-30H,7-11,14-17,21-23H2,1-6H3,(H,42,46)(H,43,47). The smallest absolute Gasteiger partial charge is 0.254 e. The summed E-state index contributed by atoms with van der Waals surface area (Å²) < 4.78 is 19.7. The zero-order chi connectivity index (χ0) is 35.9. The van der Waals surface area contributed by atoms with Gasteiger partial charge in [0.15, 0.2) is 11.5 Å². The van der Waals surface area contributed by atoms with Gasteiger partial charge < -0.3 is 34.3 Å². The van der Waals surface area contributed by atoms with Crippen molar-refractivity contribution in [1.82, 2.24) is 20.2 Å². The number of hydrogen-bond acceptors (Lipinski definition) is 9. The number of benzene rings is 1. The molecule has 2 N–H and O–H groups in total. The van der Waals surface area contributed by atoms with Crippen LogP contribution in [-0.2, 0) is 11.3 Å². The number of nitrogens with one attached hydrogen (secondary N) is 2. The number of carbonyl (C=O) groups excluding carboxylic acids is 1. The molecule has 5 heterocycles. The van der Waals surface area contributed by atoms with Crippen LogP contribution >= 0.6 is 11.8 Å². The van der Waals surface area contributed by atoms with E-state index in [4.69, 9.17) is 19.2 Å². The molecule has 3 fully saturated rings. The Kier molecular flexibility index (Phi) is 10.4. The molecule has 1 aliphatic carbocycles. The lowest BCUT2D eigenvalue weighted by Crippen LogP contribution is -2.50. The van der Waals surface area contributed by atoms with Gasteiger partial charge in [0.25, 0.3) is 17.3 Å². The average Bonchev–Trinajstić information content (AvgIpc) is 3.50. The van der Waals surface area contributed by atoms with Crippen LogP contribution in [0.1, 0.15) is 92.9 Å². The van der Waals surface area contributed by atoms with Gasteiger partial charge in [-0.2, -0.15) is 0 Å². The van der Waals surface area contributed by atoms with Crippen molar-refractivity contribution in [2.45, 2.75) is 115 Å². The fourth-order valence-corrected chi connectivity index (χ4v) is 9.34. The van der Waals surface area contributed by atoms with Crippen LogP contribution in [0.2, 0.25) is 0 Å². The number of piperidine rings is 1. The number of aryl methyl sites for hydroxylation is 1. The van der Waals surface area contributed by atoms with E-state index in [0.717, 1.165) is 72.1 Å². The zero-order valence-electron chi connectivity index (χ0n) is 31.0. The minimum atomic E-state index is -0.856. The molecule has 3 atom stereocenters. The molecule has 274 valence electrons. The number of anilines is 1. The van der Waals surface area contributed by atoms with Gasteiger partial charge in [-0.05, 0) is 97.0 Å². The van der Waals surface area contributed by atoms with Crippen LogP contribution in [0.4, 0.5) is 5.82 Å². The lowest BCUT2D eigenvalue weighted by atomic mass is 9.86. The van der Waals surface area contributed by atoms with Crippen molar-refractivity contribution >= 4 is 23.5 Å². The Morgan fingerprint density at radius 1 is 1.02 bits per heavy atom. The number of hydrogen-bond donors (Lipinski definition) is 2. The predicted octanol–water partition coefficient (Wildman–Crippen LogP) is 6.85. The van der Waals surface area contributed by atoms with Gasteiger partial charge >= 0.3 is 0 Å². The Hall–Kier alpha value is -3.54. The van der Waals surface area contributed by atoms with Gasteiger partial charge in [-0.25, -0.2) is 4.98 Å². The number of H-pyrrole nitrogens is 1. The van der Waals surface area contributed by atoms with Gasteiger partial charge in [0.2, 0.25) is 0 Å². The molecule has 51 heavy (non-hydrogen) atoms. The number of likely N-dealkylation sites (tertiary alicyclic amines) is 1. The minimum Gasteiger partial charge on any atom is -0.448 e. The summed E-state index contributed by atoms with van der Waals surface area (Å²) in [6.45, 7) is 13.8. The first-order valence-electron chi connectivity index (χ1n) is 18.7. The molecule has 1 amide bonds. The molecule has 0 spiro atoms. The zero-order valence-corrected chi connectivity index (χ0v) is 31.8. The number of aromatic amines is 1. The molecule has 7 rings (SSSR count). The van der Waals surface area contributed by atoms with Gasteiger partial charge in [-0.15, -0.1) is 11.8 Å². The van der Waals surface area contributed by atoms with E-state index in [1.165, 1.54) is 43.9 Å². The van der Waals surface area contributed by atoms with Crippen LogP contribution in [0.5, 0.6) is 11.5 Å². The van der Waals surface area contributed by atoms with E-state index in [1.807, 2.05) is 44.5 Å². The lowest BCUT2D eigenvalue weighted by molar-refractivity contribution is -0.127. The molecule has 3 aliphatic heterocycles. The molecule has 1 saturated carbocycles. The number of fused-ring (bicyclic) bond motifs is 1. The Balaban J connectivity index is 1.18. The number of pyridine rings is 2. The number of carbonyl (C=O) groups is 1. The predicted molar refractivity (Wildman–Crippen MR) is 202 cm³/mol. The fourth-order valence-electron chi connectivity index (χ4n) is 8.63. The third-order valence-electron chi connectivity index (χ3n) is 11.4. The molecule has 0 radical (unpaired) electrons. The number of aromatic nitrogens is 2. The summed E-state index contributed by atoms with van der Waals surface area (Å²) in [4.78, 5) is 40.4. The summed E-state index contributed by atoms with van der Waals surface area (Å²) in [6.07, 6.45) is 12.7. The molecule has 3 aromatic rings. The van der Waals surface area contributed by atoms with E-state index in [2.05, 4.69) is 46.9 Å². The van der Waals surface area contributed by atoms with E-state index in [1.54, 1.807) is 0 Å². The molecule has 1 aromatic carbocycles. The summed E-state index contributed by atoms with van der Waals surface area (Å²) in [6, 6.07) is 8.63. The summed E-state index contributed by atoms with van der Waals surface area (Å²) in [7, 11) is 0. The second kappa shape index (κ2) is 14.8. The lowest BCUT2D eigenvalue weighted by Gasteiger charge is -2.42. The van der Waals surface area contributed by atoms with Crippen LogP contribution in [0.15, 0.2) is 40.2 Å². The molecular weight excluding hydrogens is 663 g/mol. The normalized spacial score (nSPS) is 24.5. The van der Waals surface area contributed by atoms with E-state index >= 15 is 0 Å². The fraction of sp³-hybridized carbons (Fsp3) is 0.575. The van der Waals surface area contributed by atoms with Crippen LogP contribution in [0.3, 0.4) is 0 Å². The van der Waals surface area contributed by atoms with E-state index < -0.39 is 5.79 Å². The van der Waals surface area contributed by atoms with Crippen molar-refractivity contribution in [1.29, 1.82) is 0 Å². The number of amides is 1. The molecule has 2 saturated heterocycles. The maximum absolute atomic E-state index is 14.0. The van der Waals surface area contributed by atoms with Crippen molar-refractivity contribution < 1.29 is 19.0 Å². The van der Waals surface area contributed by atoms with E-state index in [9.17, 15) is 9.59 Å². The molecular formula is C40H53N5O5S. The van der Waals surface area contributed by atoms with Crippen LogP contribution < -0.4 is 25.2 Å². The van der Waals surface area contributed by atoms with Crippen molar-refractivity contribution in [3.63, 3.8) is 0 Å². The van der Waals surface area contributed by atoms with E-state index in [-0.39, 0.29) is 36.1 Å². The van der Waals surface area contributed by atoms with E-state index in [0.29, 0.717) is 28.7 Å². The maximum atomic E-state index is 14.0. The Morgan fingerprint density at radius 3 is 2.39 bits per heavy atom. The summed E-state index contributed by atoms with van der Waals surface area (Å²) in [5.41, 5.74) is 3.96. The summed E-state index contributed by atoms with van der Waals surface area (Å²) >= 11 is 1.49. The van der Waals surface area contributed by atoms with Gasteiger partial charge in [0.1, 0.15) is 5.82 Å². The van der Waals surface area contributed by atoms with Crippen molar-refractivity contribution in [3.05, 3.63) is 63.2 Å². The highest BCUT2D eigenvalue weighted by atomic mass is 32.2. The van der Waals surface area contributed by atoms with Gasteiger partial charge in [-0.1, -0.05) is 19.3 Å². The quantitative estimate of drug-likeness (QED) is 0.242. The Morgan fingerprint density at radius 2 is 1.73 bits per heavy atom. The first kappa shape index (κ1) is 35.8. The minimum absolute atomic E-state index is 0.109. The average molecular weight is 716 g/mol. The Labute approximate surface area is 306 Å². The third-order valence-corrected chi connectivity index (χ3v) is 12.2. The van der Waals surface area contributed by atoms with Gasteiger partial charge in [0.05, 0.1) is 12.2 Å². The molecule has 2 aromatic heterocycles. The van der Waals surface area contributed by atoms with Crippen molar-refractivity contribution in [3.8, 4) is 22.6 Å². The molecule has 4 aliphatic rings. The SMILES string of the molecule is CSc1cc(C)[nH]c(=O)c1CNC(=O)c1cc(-c2ccc(N3CC(C)OC(C)C3)nc2)c2c(c1C)OC(C)(C1CCN(C3CCCCC3)CC1)O2. The number of morpholine rings is 1. The summed E-state index contributed by atoms with van der Waals surface area (Å²) in [5.74, 6) is 1.23. The second-order valence-electron chi connectivity index (χ2n) is 15.2. The molecule has 11 heteroatoms. The highest BCUT2D eigenvalue weighted by Crippen LogP contribution is 2.52. The first-order valence-corrected chi connectivity index (χ1v) is 20.0. The number of ether oxygens (including phenoxy) is 3. The molecule has 0 bridgehead atoms.